The van der Waals surface area contributed by atoms with E-state index in [-0.39, 0.29) is 39.8 Å². The molecule has 0 saturated heterocycles. The molecule has 0 aliphatic rings. The van der Waals surface area contributed by atoms with E-state index < -0.39 is 39.4 Å². The summed E-state index contributed by atoms with van der Waals surface area (Å²) in [5, 5.41) is 0.264. The molecule has 12 heteroatoms. The molecule has 0 atom stereocenters. The SMILES string of the molecule is COC(=O)CCc1cn(S(=O)(=O)c2cncc(-c3ccc(C(F)(F)F)cc3F)c2)c2ccc(F)cc12. The van der Waals surface area contributed by atoms with Crippen molar-refractivity contribution in [3.8, 4) is 11.1 Å². The van der Waals surface area contributed by atoms with Gasteiger partial charge in [0.1, 0.15) is 16.5 Å². The number of ether oxygens (including phenoxy) is 1. The van der Waals surface area contributed by atoms with Gasteiger partial charge in [-0.05, 0) is 48.4 Å². The molecule has 0 amide bonds. The monoisotopic (exact) mass is 524 g/mol. The van der Waals surface area contributed by atoms with E-state index in [0.717, 1.165) is 40.6 Å². The molecule has 0 bridgehead atoms. The van der Waals surface area contributed by atoms with E-state index in [1.54, 1.807) is 0 Å². The normalized spacial score (nSPS) is 12.2. The Bertz CT molecular complexity index is 1580. The molecule has 0 aliphatic carbocycles. The van der Waals surface area contributed by atoms with Crippen LogP contribution in [0.5, 0.6) is 0 Å². The Balaban J connectivity index is 1.79. The van der Waals surface area contributed by atoms with Crippen molar-refractivity contribution >= 4 is 26.9 Å². The van der Waals surface area contributed by atoms with Crippen LogP contribution in [0.4, 0.5) is 22.0 Å². The van der Waals surface area contributed by atoms with Gasteiger partial charge in [0.2, 0.25) is 0 Å². The molecule has 0 spiro atoms. The Hall–Kier alpha value is -3.80. The zero-order valence-corrected chi connectivity index (χ0v) is 19.3. The summed E-state index contributed by atoms with van der Waals surface area (Å²) in [7, 11) is -3.16. The maximum Gasteiger partial charge on any atom is 0.416 e. The topological polar surface area (TPSA) is 78.3 Å². The number of carbonyl (C=O) groups is 1. The summed E-state index contributed by atoms with van der Waals surface area (Å²) in [6.45, 7) is 0. The first kappa shape index (κ1) is 25.3. The summed E-state index contributed by atoms with van der Waals surface area (Å²) in [6, 6.07) is 6.45. The van der Waals surface area contributed by atoms with E-state index >= 15 is 0 Å². The number of hydrogen-bond acceptors (Lipinski definition) is 5. The molecule has 4 rings (SSSR count). The standard InChI is InChI=1S/C24H17F5N2O4S/c1-35-23(32)7-2-14-13-31(22-6-4-17(25)10-20(14)22)36(33,34)18-8-15(11-30-12-18)19-5-3-16(9-21(19)26)24(27,28)29/h3-6,8-13H,2,7H2,1H3. The lowest BCUT2D eigenvalue weighted by molar-refractivity contribution is -0.140. The van der Waals surface area contributed by atoms with Gasteiger partial charge in [0.05, 0.1) is 18.2 Å². The highest BCUT2D eigenvalue weighted by atomic mass is 32.2. The number of carbonyl (C=O) groups excluding carboxylic acids is 1. The van der Waals surface area contributed by atoms with Gasteiger partial charge < -0.3 is 4.74 Å². The lowest BCUT2D eigenvalue weighted by atomic mass is 10.0. The first-order valence-corrected chi connectivity index (χ1v) is 11.8. The van der Waals surface area contributed by atoms with Crippen LogP contribution in [-0.4, -0.2) is 30.5 Å². The minimum absolute atomic E-state index is 0.0595. The minimum Gasteiger partial charge on any atom is -0.469 e. The highest BCUT2D eigenvalue weighted by Gasteiger charge is 2.31. The smallest absolute Gasteiger partial charge is 0.416 e. The van der Waals surface area contributed by atoms with Gasteiger partial charge in [-0.15, -0.1) is 0 Å². The van der Waals surface area contributed by atoms with E-state index in [9.17, 15) is 35.2 Å². The fourth-order valence-electron chi connectivity index (χ4n) is 3.72. The zero-order valence-electron chi connectivity index (χ0n) is 18.5. The fourth-order valence-corrected chi connectivity index (χ4v) is 5.10. The number of methoxy groups -OCH3 is 1. The number of aryl methyl sites for hydroxylation is 1. The third-order valence-electron chi connectivity index (χ3n) is 5.52. The number of halogens is 5. The molecular weight excluding hydrogens is 507 g/mol. The number of hydrogen-bond donors (Lipinski definition) is 0. The van der Waals surface area contributed by atoms with Crippen molar-refractivity contribution in [1.29, 1.82) is 0 Å². The van der Waals surface area contributed by atoms with Gasteiger partial charge in [-0.2, -0.15) is 13.2 Å². The molecule has 0 saturated carbocycles. The van der Waals surface area contributed by atoms with Gasteiger partial charge in [0.15, 0.2) is 0 Å². The second-order valence-corrected chi connectivity index (χ2v) is 9.61. The van der Waals surface area contributed by atoms with Crippen molar-refractivity contribution in [2.75, 3.05) is 7.11 Å². The first-order chi connectivity index (χ1) is 16.9. The second kappa shape index (κ2) is 9.34. The third-order valence-corrected chi connectivity index (χ3v) is 7.16. The van der Waals surface area contributed by atoms with Crippen molar-refractivity contribution in [2.24, 2.45) is 0 Å². The molecule has 6 nitrogen and oxygen atoms in total. The largest absolute Gasteiger partial charge is 0.469 e. The van der Waals surface area contributed by atoms with Crippen molar-refractivity contribution in [3.05, 3.63) is 83.8 Å². The van der Waals surface area contributed by atoms with E-state index in [2.05, 4.69) is 9.72 Å². The molecule has 2 aromatic heterocycles. The molecule has 0 fully saturated rings. The Morgan fingerprint density at radius 1 is 1.06 bits per heavy atom. The summed E-state index contributed by atoms with van der Waals surface area (Å²) in [4.78, 5) is 15.0. The average Bonchev–Trinajstić information content (AvgIpc) is 3.20. The molecule has 0 radical (unpaired) electrons. The molecule has 36 heavy (non-hydrogen) atoms. The minimum atomic E-state index is -4.75. The number of rotatable bonds is 6. The van der Waals surface area contributed by atoms with Crippen LogP contribution in [0, 0.1) is 11.6 Å². The van der Waals surface area contributed by atoms with Crippen LogP contribution in [0.15, 0.2) is 66.0 Å². The average molecular weight is 524 g/mol. The zero-order chi connectivity index (χ0) is 26.3. The third kappa shape index (κ3) is 4.81. The quantitative estimate of drug-likeness (QED) is 0.251. The maximum atomic E-state index is 14.5. The Morgan fingerprint density at radius 2 is 1.81 bits per heavy atom. The number of alkyl halides is 3. The molecule has 0 unspecified atom stereocenters. The molecule has 2 aromatic carbocycles. The summed E-state index contributed by atoms with van der Waals surface area (Å²) in [5.74, 6) is -2.35. The molecular formula is C24H17F5N2O4S. The van der Waals surface area contributed by atoms with Gasteiger partial charge in [0, 0.05) is 41.5 Å². The predicted molar refractivity (Wildman–Crippen MR) is 119 cm³/mol. The van der Waals surface area contributed by atoms with Crippen LogP contribution < -0.4 is 0 Å². The lowest BCUT2D eigenvalue weighted by Crippen LogP contribution is -2.12. The van der Waals surface area contributed by atoms with Crippen molar-refractivity contribution in [1.82, 2.24) is 8.96 Å². The van der Waals surface area contributed by atoms with Gasteiger partial charge in [-0.3, -0.25) is 9.78 Å². The van der Waals surface area contributed by atoms with Gasteiger partial charge in [-0.1, -0.05) is 6.07 Å². The van der Waals surface area contributed by atoms with Crippen molar-refractivity contribution in [3.63, 3.8) is 0 Å². The summed E-state index contributed by atoms with van der Waals surface area (Å²) < 4.78 is 99.5. The van der Waals surface area contributed by atoms with Crippen LogP contribution in [-0.2, 0) is 32.2 Å². The first-order valence-electron chi connectivity index (χ1n) is 10.4. The van der Waals surface area contributed by atoms with Crippen molar-refractivity contribution < 1.29 is 39.9 Å². The Morgan fingerprint density at radius 3 is 2.47 bits per heavy atom. The highest BCUT2D eigenvalue weighted by molar-refractivity contribution is 7.90. The number of benzene rings is 2. The van der Waals surface area contributed by atoms with Gasteiger partial charge in [0.25, 0.3) is 10.0 Å². The number of aromatic nitrogens is 2. The second-order valence-electron chi connectivity index (χ2n) is 7.79. The fraction of sp³-hybridized carbons (Fsp3) is 0.167. The molecule has 0 N–H and O–H groups in total. The maximum absolute atomic E-state index is 14.5. The number of esters is 1. The lowest BCUT2D eigenvalue weighted by Gasteiger charge is -2.11. The van der Waals surface area contributed by atoms with E-state index in [1.807, 2.05) is 0 Å². The van der Waals surface area contributed by atoms with Crippen LogP contribution in [0.25, 0.3) is 22.0 Å². The summed E-state index contributed by atoms with van der Waals surface area (Å²) in [5.41, 5.74) is -1.02. The van der Waals surface area contributed by atoms with Crippen LogP contribution in [0.3, 0.4) is 0 Å². The predicted octanol–water partition coefficient (Wildman–Crippen LogP) is 5.34. The molecule has 2 heterocycles. The molecule has 188 valence electrons. The van der Waals surface area contributed by atoms with Gasteiger partial charge >= 0.3 is 12.1 Å². The van der Waals surface area contributed by atoms with Crippen LogP contribution >= 0.6 is 0 Å². The van der Waals surface area contributed by atoms with E-state index in [4.69, 9.17) is 0 Å². The van der Waals surface area contributed by atoms with Crippen LogP contribution in [0.1, 0.15) is 17.5 Å². The molecule has 4 aromatic rings. The molecule has 0 aliphatic heterocycles. The summed E-state index contributed by atoms with van der Waals surface area (Å²) in [6.07, 6.45) is -1.38. The van der Waals surface area contributed by atoms with Gasteiger partial charge in [-0.25, -0.2) is 21.2 Å². The number of nitrogens with zero attached hydrogens (tertiary/aromatic N) is 2. The van der Waals surface area contributed by atoms with Crippen LogP contribution in [0.2, 0.25) is 0 Å². The Kier molecular flexibility index (Phi) is 6.56. The highest BCUT2D eigenvalue weighted by Crippen LogP contribution is 2.34. The summed E-state index contributed by atoms with van der Waals surface area (Å²) >= 11 is 0. The number of fused-ring (bicyclic) bond motifs is 1. The van der Waals surface area contributed by atoms with Crippen molar-refractivity contribution in [2.45, 2.75) is 23.9 Å². The Labute approximate surface area is 202 Å². The van der Waals surface area contributed by atoms with E-state index in [0.29, 0.717) is 17.7 Å². The van der Waals surface area contributed by atoms with E-state index in [1.165, 1.54) is 19.4 Å². The number of pyridine rings is 1.